The second kappa shape index (κ2) is 9.61. The van der Waals surface area contributed by atoms with Crippen LogP contribution in [0.1, 0.15) is 34.0 Å². The summed E-state index contributed by atoms with van der Waals surface area (Å²) in [5.74, 6) is -1.09. The molecule has 0 aliphatic carbocycles. The molecule has 2 heterocycles. The third-order valence-electron chi connectivity index (χ3n) is 6.29. The Hall–Kier alpha value is -3.34. The first-order chi connectivity index (χ1) is 16.8. The summed E-state index contributed by atoms with van der Waals surface area (Å²) >= 11 is 0. The number of H-pyrrole nitrogens is 1. The summed E-state index contributed by atoms with van der Waals surface area (Å²) in [7, 11) is 0. The minimum atomic E-state index is -5.16. The second-order valence-corrected chi connectivity index (χ2v) is 8.91. The van der Waals surface area contributed by atoms with Gasteiger partial charge in [0, 0.05) is 42.8 Å². The first kappa shape index (κ1) is 25.7. The summed E-state index contributed by atoms with van der Waals surface area (Å²) in [6.45, 7) is 2.05. The monoisotopic (exact) mass is 511 g/mol. The number of carbonyl (C=O) groups excluding carboxylic acids is 2. The van der Waals surface area contributed by atoms with Gasteiger partial charge in [-0.05, 0) is 43.2 Å². The second-order valence-electron chi connectivity index (χ2n) is 8.91. The zero-order valence-corrected chi connectivity index (χ0v) is 19.2. The van der Waals surface area contributed by atoms with E-state index in [-0.39, 0.29) is 44.4 Å². The lowest BCUT2D eigenvalue weighted by atomic mass is 9.97. The number of carbonyl (C=O) groups is 2. The summed E-state index contributed by atoms with van der Waals surface area (Å²) in [6, 6.07) is 7.88. The van der Waals surface area contributed by atoms with Crippen LogP contribution in [-0.2, 0) is 23.6 Å². The van der Waals surface area contributed by atoms with E-state index in [1.807, 2.05) is 29.2 Å². The van der Waals surface area contributed by atoms with Gasteiger partial charge in [-0.15, -0.1) is 0 Å². The summed E-state index contributed by atoms with van der Waals surface area (Å²) < 4.78 is 80.5. The number of alkyl halides is 6. The Bertz CT molecular complexity index is 1280. The number of nitrogens with zero attached hydrogens (tertiary/aromatic N) is 2. The van der Waals surface area contributed by atoms with Crippen molar-refractivity contribution in [3.8, 4) is 0 Å². The van der Waals surface area contributed by atoms with Crippen molar-refractivity contribution in [1.29, 1.82) is 0 Å². The normalized spacial score (nSPS) is 17.5. The molecular weight excluding hydrogens is 488 g/mol. The number of fused-ring (bicyclic) bond motifs is 1. The van der Waals surface area contributed by atoms with Gasteiger partial charge in [0.1, 0.15) is 5.78 Å². The Kier molecular flexibility index (Phi) is 6.87. The number of aromatic amines is 1. The van der Waals surface area contributed by atoms with Crippen LogP contribution >= 0.6 is 0 Å². The van der Waals surface area contributed by atoms with Gasteiger partial charge in [-0.2, -0.15) is 26.3 Å². The molecule has 1 atom stereocenters. The molecule has 0 radical (unpaired) electrons. The number of aromatic nitrogens is 1. The standard InChI is InChI=1S/C25H23F6N3O2/c1-15(35)13-33-8-9-34(18(14-33)10-16-12-32-22-5-3-2-4-19(16)22)23(36)20-7-6-17(24(26,27)28)11-21(20)25(29,30)31/h2-7,11-12,18,32H,8-10,13-14H2,1H3/t18-/m1/s1. The van der Waals surface area contributed by atoms with Crippen LogP contribution < -0.4 is 0 Å². The number of amides is 1. The third-order valence-corrected chi connectivity index (χ3v) is 6.29. The lowest BCUT2D eigenvalue weighted by Crippen LogP contribution is -2.56. The molecule has 1 saturated heterocycles. The first-order valence-electron chi connectivity index (χ1n) is 11.2. The number of Topliss-reactive ketones (excluding diaryl/α,β-unsaturated/α-hetero) is 1. The Morgan fingerprint density at radius 2 is 1.72 bits per heavy atom. The minimum Gasteiger partial charge on any atom is -0.361 e. The average Bonchev–Trinajstić information content (AvgIpc) is 3.20. The van der Waals surface area contributed by atoms with E-state index in [0.717, 1.165) is 16.5 Å². The van der Waals surface area contributed by atoms with Crippen molar-refractivity contribution in [2.75, 3.05) is 26.2 Å². The van der Waals surface area contributed by atoms with Crippen molar-refractivity contribution < 1.29 is 35.9 Å². The summed E-state index contributed by atoms with van der Waals surface area (Å²) in [6.07, 6.45) is -8.10. The molecule has 36 heavy (non-hydrogen) atoms. The highest BCUT2D eigenvalue weighted by Gasteiger charge is 2.41. The fourth-order valence-corrected chi connectivity index (χ4v) is 4.67. The van der Waals surface area contributed by atoms with Gasteiger partial charge in [0.25, 0.3) is 5.91 Å². The van der Waals surface area contributed by atoms with Gasteiger partial charge in [0.05, 0.1) is 23.2 Å². The van der Waals surface area contributed by atoms with Crippen molar-refractivity contribution in [1.82, 2.24) is 14.8 Å². The number of halogens is 6. The molecule has 0 spiro atoms. The molecule has 1 aromatic heterocycles. The molecular formula is C25H23F6N3O2. The molecule has 5 nitrogen and oxygen atoms in total. The highest BCUT2D eigenvalue weighted by atomic mass is 19.4. The maximum atomic E-state index is 13.7. The molecule has 3 aromatic rings. The number of ketones is 1. The molecule has 1 N–H and O–H groups in total. The number of benzene rings is 2. The largest absolute Gasteiger partial charge is 0.417 e. The van der Waals surface area contributed by atoms with Crippen LogP contribution in [0.25, 0.3) is 10.9 Å². The van der Waals surface area contributed by atoms with Gasteiger partial charge in [-0.25, -0.2) is 0 Å². The van der Waals surface area contributed by atoms with E-state index < -0.39 is 41.0 Å². The smallest absolute Gasteiger partial charge is 0.361 e. The molecule has 0 saturated carbocycles. The molecule has 0 bridgehead atoms. The predicted octanol–water partition coefficient (Wildman–Crippen LogP) is 5.16. The van der Waals surface area contributed by atoms with Gasteiger partial charge in [0.2, 0.25) is 0 Å². The number of nitrogens with one attached hydrogen (secondary N) is 1. The van der Waals surface area contributed by atoms with E-state index >= 15 is 0 Å². The molecule has 0 unspecified atom stereocenters. The molecule has 2 aromatic carbocycles. The van der Waals surface area contributed by atoms with E-state index in [2.05, 4.69) is 4.98 Å². The number of rotatable bonds is 5. The van der Waals surface area contributed by atoms with Gasteiger partial charge >= 0.3 is 12.4 Å². The Morgan fingerprint density at radius 3 is 2.39 bits per heavy atom. The van der Waals surface area contributed by atoms with Crippen molar-refractivity contribution in [3.63, 3.8) is 0 Å². The zero-order valence-electron chi connectivity index (χ0n) is 19.2. The van der Waals surface area contributed by atoms with Crippen LogP contribution in [0, 0.1) is 0 Å². The quantitative estimate of drug-likeness (QED) is 0.482. The number of hydrogen-bond donors (Lipinski definition) is 1. The third kappa shape index (κ3) is 5.40. The fraction of sp³-hybridized carbons (Fsp3) is 0.360. The summed E-state index contributed by atoms with van der Waals surface area (Å²) in [5, 5.41) is 0.888. The van der Waals surface area contributed by atoms with Gasteiger partial charge in [-0.3, -0.25) is 14.5 Å². The van der Waals surface area contributed by atoms with Crippen LogP contribution in [-0.4, -0.2) is 58.7 Å². The molecule has 11 heteroatoms. The number of hydrogen-bond acceptors (Lipinski definition) is 3. The highest BCUT2D eigenvalue weighted by Crippen LogP contribution is 2.38. The van der Waals surface area contributed by atoms with Crippen LogP contribution in [0.2, 0.25) is 0 Å². The van der Waals surface area contributed by atoms with Crippen LogP contribution in [0.15, 0.2) is 48.7 Å². The molecule has 192 valence electrons. The van der Waals surface area contributed by atoms with Crippen LogP contribution in [0.3, 0.4) is 0 Å². The molecule has 1 fully saturated rings. The maximum absolute atomic E-state index is 13.7. The topological polar surface area (TPSA) is 56.4 Å². The number of para-hydroxylation sites is 1. The molecule has 1 aliphatic rings. The van der Waals surface area contributed by atoms with E-state index in [1.165, 1.54) is 11.8 Å². The van der Waals surface area contributed by atoms with E-state index in [0.29, 0.717) is 12.1 Å². The van der Waals surface area contributed by atoms with Crippen LogP contribution in [0.5, 0.6) is 0 Å². The zero-order chi connectivity index (χ0) is 26.3. The maximum Gasteiger partial charge on any atom is 0.417 e. The fourth-order valence-electron chi connectivity index (χ4n) is 4.67. The summed E-state index contributed by atoms with van der Waals surface area (Å²) in [5.41, 5.74) is -2.25. The van der Waals surface area contributed by atoms with Gasteiger partial charge in [-0.1, -0.05) is 18.2 Å². The molecule has 1 amide bonds. The van der Waals surface area contributed by atoms with E-state index in [4.69, 9.17) is 0 Å². The summed E-state index contributed by atoms with van der Waals surface area (Å²) in [4.78, 5) is 31.3. The lowest BCUT2D eigenvalue weighted by Gasteiger charge is -2.41. The van der Waals surface area contributed by atoms with E-state index in [1.54, 1.807) is 6.20 Å². The van der Waals surface area contributed by atoms with Crippen molar-refractivity contribution in [3.05, 3.63) is 70.9 Å². The Balaban J connectivity index is 1.70. The minimum absolute atomic E-state index is 0.0199. The van der Waals surface area contributed by atoms with Crippen molar-refractivity contribution in [2.24, 2.45) is 0 Å². The lowest BCUT2D eigenvalue weighted by molar-refractivity contribution is -0.143. The highest BCUT2D eigenvalue weighted by molar-refractivity contribution is 5.96. The SMILES string of the molecule is CC(=O)CN1CCN(C(=O)c2ccc(C(F)(F)F)cc2C(F)(F)F)[C@H](Cc2c[nH]c3ccccc23)C1. The molecule has 4 rings (SSSR count). The predicted molar refractivity (Wildman–Crippen MR) is 120 cm³/mol. The van der Waals surface area contributed by atoms with E-state index in [9.17, 15) is 35.9 Å². The van der Waals surface area contributed by atoms with Crippen LogP contribution in [0.4, 0.5) is 26.3 Å². The number of piperazine rings is 1. The van der Waals surface area contributed by atoms with Crippen molar-refractivity contribution in [2.45, 2.75) is 31.7 Å². The average molecular weight is 511 g/mol. The van der Waals surface area contributed by atoms with Gasteiger partial charge in [0.15, 0.2) is 0 Å². The Morgan fingerprint density at radius 1 is 1.00 bits per heavy atom. The molecule has 1 aliphatic heterocycles. The van der Waals surface area contributed by atoms with Gasteiger partial charge < -0.3 is 9.88 Å². The Labute approximate surface area is 202 Å². The first-order valence-corrected chi connectivity index (χ1v) is 11.2. The van der Waals surface area contributed by atoms with Crippen molar-refractivity contribution >= 4 is 22.6 Å².